The summed E-state index contributed by atoms with van der Waals surface area (Å²) in [6, 6.07) is 12.9. The summed E-state index contributed by atoms with van der Waals surface area (Å²) in [5, 5.41) is 0. The second-order valence-electron chi connectivity index (χ2n) is 4.07. The molecule has 0 aliphatic rings. The molecule has 98 valence electrons. The van der Waals surface area contributed by atoms with Crippen molar-refractivity contribution < 1.29 is 13.9 Å². The van der Waals surface area contributed by atoms with Gasteiger partial charge in [-0.05, 0) is 42.0 Å². The van der Waals surface area contributed by atoms with E-state index in [0.717, 1.165) is 5.56 Å². The van der Waals surface area contributed by atoms with Gasteiger partial charge in [0.1, 0.15) is 18.2 Å². The Hall–Kier alpha value is -2.20. The summed E-state index contributed by atoms with van der Waals surface area (Å²) in [6.45, 7) is 0.347. The lowest BCUT2D eigenvalue weighted by Crippen LogP contribution is -2.13. The molecule has 2 rings (SSSR count). The van der Waals surface area contributed by atoms with E-state index >= 15 is 0 Å². The van der Waals surface area contributed by atoms with E-state index in [4.69, 9.17) is 10.5 Å². The molecule has 0 saturated heterocycles. The Kier molecular flexibility index (Phi) is 4.26. The quantitative estimate of drug-likeness (QED) is 0.839. The molecule has 3 nitrogen and oxygen atoms in total. The Labute approximate surface area is 110 Å². The number of rotatable bonds is 5. The van der Waals surface area contributed by atoms with Gasteiger partial charge in [-0.25, -0.2) is 4.39 Å². The van der Waals surface area contributed by atoms with Crippen molar-refractivity contribution in [2.45, 2.75) is 6.61 Å². The van der Waals surface area contributed by atoms with Crippen molar-refractivity contribution in [1.29, 1.82) is 0 Å². The van der Waals surface area contributed by atoms with Crippen LogP contribution < -0.4 is 10.5 Å². The Balaban J connectivity index is 1.96. The van der Waals surface area contributed by atoms with Gasteiger partial charge in [0.05, 0.1) is 6.54 Å². The van der Waals surface area contributed by atoms with E-state index in [1.165, 1.54) is 12.1 Å². The van der Waals surface area contributed by atoms with Crippen molar-refractivity contribution in [3.8, 4) is 5.75 Å². The fourth-order valence-corrected chi connectivity index (χ4v) is 1.60. The van der Waals surface area contributed by atoms with Gasteiger partial charge in [-0.2, -0.15) is 0 Å². The summed E-state index contributed by atoms with van der Waals surface area (Å²) in [5.74, 6) is 0.274. The summed E-state index contributed by atoms with van der Waals surface area (Å²) in [6.07, 6.45) is 0. The molecule has 0 heterocycles. The highest BCUT2D eigenvalue weighted by Crippen LogP contribution is 2.14. The first kappa shape index (κ1) is 13.2. The largest absolute Gasteiger partial charge is 0.489 e. The minimum absolute atomic E-state index is 0.00418. The van der Waals surface area contributed by atoms with Crippen LogP contribution in [-0.2, 0) is 6.61 Å². The summed E-state index contributed by atoms with van der Waals surface area (Å²) >= 11 is 0. The van der Waals surface area contributed by atoms with Gasteiger partial charge < -0.3 is 10.5 Å². The number of Topliss-reactive ketones (excluding diaryl/α,β-unsaturated/α-hetero) is 1. The standard InChI is InChI=1S/C15H14FNO2/c16-13-5-1-11(2-6-13)10-19-14-7-3-12(4-8-14)15(18)9-17/h1-8H,9-10,17H2. The van der Waals surface area contributed by atoms with E-state index in [-0.39, 0.29) is 18.1 Å². The Morgan fingerprint density at radius 3 is 2.26 bits per heavy atom. The number of halogens is 1. The van der Waals surface area contributed by atoms with Crippen LogP contribution in [0.2, 0.25) is 0 Å². The van der Waals surface area contributed by atoms with Crippen LogP contribution in [0, 0.1) is 5.82 Å². The number of ketones is 1. The Bertz CT molecular complexity index is 549. The average molecular weight is 259 g/mol. The predicted molar refractivity (Wildman–Crippen MR) is 70.6 cm³/mol. The van der Waals surface area contributed by atoms with Crippen LogP contribution in [0.4, 0.5) is 4.39 Å². The molecule has 2 aromatic carbocycles. The fourth-order valence-electron chi connectivity index (χ4n) is 1.60. The second-order valence-corrected chi connectivity index (χ2v) is 4.07. The van der Waals surface area contributed by atoms with Gasteiger partial charge in [-0.15, -0.1) is 0 Å². The van der Waals surface area contributed by atoms with E-state index in [1.54, 1.807) is 36.4 Å². The molecule has 0 radical (unpaired) electrons. The maximum Gasteiger partial charge on any atom is 0.176 e. The third kappa shape index (κ3) is 3.63. The second kappa shape index (κ2) is 6.11. The van der Waals surface area contributed by atoms with Gasteiger partial charge in [0.25, 0.3) is 0 Å². The normalized spacial score (nSPS) is 10.2. The lowest BCUT2D eigenvalue weighted by atomic mass is 10.1. The zero-order valence-electron chi connectivity index (χ0n) is 10.3. The molecule has 0 aliphatic carbocycles. The molecule has 0 bridgehead atoms. The molecule has 0 fully saturated rings. The maximum absolute atomic E-state index is 12.7. The van der Waals surface area contributed by atoms with E-state index in [2.05, 4.69) is 0 Å². The van der Waals surface area contributed by atoms with Crippen LogP contribution in [0.1, 0.15) is 15.9 Å². The van der Waals surface area contributed by atoms with Crippen LogP contribution in [0.25, 0.3) is 0 Å². The monoisotopic (exact) mass is 259 g/mol. The van der Waals surface area contributed by atoms with E-state index in [9.17, 15) is 9.18 Å². The SMILES string of the molecule is NCC(=O)c1ccc(OCc2ccc(F)cc2)cc1. The first-order chi connectivity index (χ1) is 9.19. The molecule has 0 aliphatic heterocycles. The molecule has 0 atom stereocenters. The number of carbonyl (C=O) groups is 1. The first-order valence-corrected chi connectivity index (χ1v) is 5.89. The molecule has 2 aromatic rings. The average Bonchev–Trinajstić information content (AvgIpc) is 2.46. The molecule has 19 heavy (non-hydrogen) atoms. The summed E-state index contributed by atoms with van der Waals surface area (Å²) in [7, 11) is 0. The van der Waals surface area contributed by atoms with Crippen LogP contribution >= 0.6 is 0 Å². The van der Waals surface area contributed by atoms with Crippen molar-refractivity contribution in [2.24, 2.45) is 5.73 Å². The van der Waals surface area contributed by atoms with E-state index < -0.39 is 0 Å². The van der Waals surface area contributed by atoms with Crippen molar-refractivity contribution >= 4 is 5.78 Å². The van der Waals surface area contributed by atoms with Crippen molar-refractivity contribution in [2.75, 3.05) is 6.54 Å². The van der Waals surface area contributed by atoms with E-state index in [0.29, 0.717) is 17.9 Å². The van der Waals surface area contributed by atoms with Crippen molar-refractivity contribution in [1.82, 2.24) is 0 Å². The highest BCUT2D eigenvalue weighted by molar-refractivity contribution is 5.97. The number of hydrogen-bond donors (Lipinski definition) is 1. The summed E-state index contributed by atoms with van der Waals surface area (Å²) in [5.41, 5.74) is 6.72. The van der Waals surface area contributed by atoms with Crippen LogP contribution in [0.15, 0.2) is 48.5 Å². The zero-order valence-corrected chi connectivity index (χ0v) is 10.3. The molecule has 4 heteroatoms. The highest BCUT2D eigenvalue weighted by atomic mass is 19.1. The van der Waals surface area contributed by atoms with E-state index in [1.807, 2.05) is 0 Å². The first-order valence-electron chi connectivity index (χ1n) is 5.89. The van der Waals surface area contributed by atoms with Gasteiger partial charge in [0.2, 0.25) is 0 Å². The van der Waals surface area contributed by atoms with Crippen LogP contribution in [0.5, 0.6) is 5.75 Å². The van der Waals surface area contributed by atoms with Gasteiger partial charge >= 0.3 is 0 Å². The number of carbonyl (C=O) groups excluding carboxylic acids is 1. The van der Waals surface area contributed by atoms with Gasteiger partial charge in [-0.1, -0.05) is 12.1 Å². The Morgan fingerprint density at radius 1 is 1.05 bits per heavy atom. The molecular weight excluding hydrogens is 245 g/mol. The number of ether oxygens (including phenoxy) is 1. The lowest BCUT2D eigenvalue weighted by molar-refractivity contribution is 0.100. The highest BCUT2D eigenvalue weighted by Gasteiger charge is 2.03. The number of nitrogens with two attached hydrogens (primary N) is 1. The zero-order chi connectivity index (χ0) is 13.7. The third-order valence-electron chi connectivity index (χ3n) is 2.68. The Morgan fingerprint density at radius 2 is 1.68 bits per heavy atom. The van der Waals surface area contributed by atoms with Crippen LogP contribution in [0.3, 0.4) is 0 Å². The van der Waals surface area contributed by atoms with Crippen molar-refractivity contribution in [3.63, 3.8) is 0 Å². The molecular formula is C15H14FNO2. The van der Waals surface area contributed by atoms with Gasteiger partial charge in [-0.3, -0.25) is 4.79 Å². The fraction of sp³-hybridized carbons (Fsp3) is 0.133. The van der Waals surface area contributed by atoms with Gasteiger partial charge in [0.15, 0.2) is 5.78 Å². The molecule has 0 spiro atoms. The maximum atomic E-state index is 12.7. The van der Waals surface area contributed by atoms with Crippen molar-refractivity contribution in [3.05, 3.63) is 65.5 Å². The predicted octanol–water partition coefficient (Wildman–Crippen LogP) is 2.55. The smallest absolute Gasteiger partial charge is 0.176 e. The third-order valence-corrected chi connectivity index (χ3v) is 2.68. The minimum Gasteiger partial charge on any atom is -0.489 e. The minimum atomic E-state index is -0.270. The van der Waals surface area contributed by atoms with Gasteiger partial charge in [0, 0.05) is 5.56 Å². The van der Waals surface area contributed by atoms with Crippen LogP contribution in [-0.4, -0.2) is 12.3 Å². The molecule has 0 unspecified atom stereocenters. The number of benzene rings is 2. The molecule has 0 saturated carbocycles. The molecule has 0 amide bonds. The topological polar surface area (TPSA) is 52.3 Å². The number of hydrogen-bond acceptors (Lipinski definition) is 3. The summed E-state index contributed by atoms with van der Waals surface area (Å²) < 4.78 is 18.3. The molecule has 2 N–H and O–H groups in total. The molecule has 0 aromatic heterocycles. The summed E-state index contributed by atoms with van der Waals surface area (Å²) in [4.78, 5) is 11.3. The lowest BCUT2D eigenvalue weighted by Gasteiger charge is -2.07.